The van der Waals surface area contributed by atoms with Crippen LogP contribution in [0.1, 0.15) is 18.4 Å². The molecule has 0 radical (unpaired) electrons. The Morgan fingerprint density at radius 3 is 2.70 bits per heavy atom. The van der Waals surface area contributed by atoms with Gasteiger partial charge in [0.2, 0.25) is 5.91 Å². The van der Waals surface area contributed by atoms with Gasteiger partial charge in [-0.15, -0.1) is 0 Å². The largest absolute Gasteiger partial charge is 0.378 e. The summed E-state index contributed by atoms with van der Waals surface area (Å²) in [5, 5.41) is 9.29. The monoisotopic (exact) mass is 271 g/mol. The lowest BCUT2D eigenvalue weighted by atomic mass is 9.99. The molecule has 0 bridgehead atoms. The van der Waals surface area contributed by atoms with Crippen molar-refractivity contribution in [1.29, 1.82) is 5.26 Å². The van der Waals surface area contributed by atoms with Crippen LogP contribution in [0.25, 0.3) is 0 Å². The number of nitriles is 1. The quantitative estimate of drug-likeness (QED) is 0.842. The number of hydrogen-bond acceptors (Lipinski definition) is 3. The topological polar surface area (TPSA) is 47.3 Å². The van der Waals surface area contributed by atoms with Crippen molar-refractivity contribution < 1.29 is 4.79 Å². The van der Waals surface area contributed by atoms with E-state index in [1.54, 1.807) is 0 Å². The predicted octanol–water partition coefficient (Wildman–Crippen LogP) is 2.06. The van der Waals surface area contributed by atoms with Crippen molar-refractivity contribution in [3.05, 3.63) is 29.8 Å². The third-order valence-corrected chi connectivity index (χ3v) is 3.74. The Morgan fingerprint density at radius 1 is 1.40 bits per heavy atom. The van der Waals surface area contributed by atoms with Gasteiger partial charge in [-0.05, 0) is 37.0 Å². The van der Waals surface area contributed by atoms with Gasteiger partial charge in [-0.25, -0.2) is 0 Å². The van der Waals surface area contributed by atoms with Crippen LogP contribution in [0.15, 0.2) is 24.3 Å². The molecule has 1 heterocycles. The summed E-state index contributed by atoms with van der Waals surface area (Å²) >= 11 is 0. The van der Waals surface area contributed by atoms with Crippen LogP contribution in [0.3, 0.4) is 0 Å². The molecule has 4 heteroatoms. The van der Waals surface area contributed by atoms with Gasteiger partial charge in [0.25, 0.3) is 0 Å². The first-order chi connectivity index (χ1) is 9.61. The normalized spacial score (nSPS) is 15.8. The maximum Gasteiger partial charge on any atom is 0.240 e. The number of rotatable bonds is 4. The van der Waals surface area contributed by atoms with Crippen LogP contribution >= 0.6 is 0 Å². The van der Waals surface area contributed by atoms with Crippen LogP contribution in [-0.2, 0) is 11.2 Å². The Balaban J connectivity index is 2.08. The zero-order chi connectivity index (χ0) is 14.5. The molecule has 1 unspecified atom stereocenters. The van der Waals surface area contributed by atoms with Gasteiger partial charge < -0.3 is 9.80 Å². The van der Waals surface area contributed by atoms with E-state index >= 15 is 0 Å². The van der Waals surface area contributed by atoms with E-state index in [-0.39, 0.29) is 5.91 Å². The van der Waals surface area contributed by atoms with Gasteiger partial charge in [0, 0.05) is 32.9 Å². The van der Waals surface area contributed by atoms with E-state index in [2.05, 4.69) is 6.07 Å². The number of amides is 1. The zero-order valence-corrected chi connectivity index (χ0v) is 12.2. The fourth-order valence-electron chi connectivity index (χ4n) is 2.54. The minimum atomic E-state index is -0.564. The van der Waals surface area contributed by atoms with E-state index < -0.39 is 5.92 Å². The number of carbonyl (C=O) groups excluding carboxylic acids is 1. The van der Waals surface area contributed by atoms with Crippen molar-refractivity contribution in [2.75, 3.05) is 32.1 Å². The van der Waals surface area contributed by atoms with Crippen molar-refractivity contribution in [1.82, 2.24) is 4.90 Å². The van der Waals surface area contributed by atoms with E-state index in [1.807, 2.05) is 48.2 Å². The van der Waals surface area contributed by atoms with Crippen LogP contribution in [-0.4, -0.2) is 38.0 Å². The van der Waals surface area contributed by atoms with Gasteiger partial charge in [-0.2, -0.15) is 5.26 Å². The molecular weight excluding hydrogens is 250 g/mol. The SMILES string of the molecule is CN(C)c1cccc(CC(C#N)C(=O)N2CCCC2)c1. The molecule has 20 heavy (non-hydrogen) atoms. The summed E-state index contributed by atoms with van der Waals surface area (Å²) in [5.41, 5.74) is 2.13. The van der Waals surface area contributed by atoms with Crippen LogP contribution in [0.2, 0.25) is 0 Å². The third-order valence-electron chi connectivity index (χ3n) is 3.74. The average molecular weight is 271 g/mol. The molecule has 0 spiro atoms. The predicted molar refractivity (Wildman–Crippen MR) is 79.4 cm³/mol. The molecule has 1 aromatic carbocycles. The highest BCUT2D eigenvalue weighted by Gasteiger charge is 2.26. The van der Waals surface area contributed by atoms with Gasteiger partial charge in [-0.1, -0.05) is 12.1 Å². The number of nitrogens with zero attached hydrogens (tertiary/aromatic N) is 3. The molecule has 1 saturated heterocycles. The highest BCUT2D eigenvalue weighted by molar-refractivity contribution is 5.81. The molecule has 1 fully saturated rings. The maximum atomic E-state index is 12.3. The molecule has 0 aromatic heterocycles. The van der Waals surface area contributed by atoms with E-state index in [0.29, 0.717) is 6.42 Å². The lowest BCUT2D eigenvalue weighted by Crippen LogP contribution is -2.34. The number of likely N-dealkylation sites (tertiary alicyclic amines) is 1. The summed E-state index contributed by atoms with van der Waals surface area (Å²) < 4.78 is 0. The summed E-state index contributed by atoms with van der Waals surface area (Å²) in [7, 11) is 3.96. The molecule has 0 aliphatic carbocycles. The Labute approximate surface area is 120 Å². The third kappa shape index (κ3) is 3.30. The fraction of sp³-hybridized carbons (Fsp3) is 0.500. The first-order valence-corrected chi connectivity index (χ1v) is 7.06. The minimum absolute atomic E-state index is 0.0137. The minimum Gasteiger partial charge on any atom is -0.378 e. The second-order valence-electron chi connectivity index (χ2n) is 5.48. The highest BCUT2D eigenvalue weighted by atomic mass is 16.2. The molecule has 1 atom stereocenters. The Bertz CT molecular complexity index is 513. The molecule has 1 aromatic rings. The molecule has 0 saturated carbocycles. The first-order valence-electron chi connectivity index (χ1n) is 7.06. The average Bonchev–Trinajstić information content (AvgIpc) is 2.98. The molecule has 1 aliphatic rings. The Kier molecular flexibility index (Phi) is 4.62. The smallest absolute Gasteiger partial charge is 0.240 e. The van der Waals surface area contributed by atoms with Crippen molar-refractivity contribution in [3.8, 4) is 6.07 Å². The van der Waals surface area contributed by atoms with Gasteiger partial charge >= 0.3 is 0 Å². The Morgan fingerprint density at radius 2 is 2.10 bits per heavy atom. The summed E-state index contributed by atoms with van der Waals surface area (Å²) in [6, 6.07) is 10.2. The molecular formula is C16H21N3O. The second kappa shape index (κ2) is 6.42. The molecule has 4 nitrogen and oxygen atoms in total. The van der Waals surface area contributed by atoms with E-state index in [9.17, 15) is 10.1 Å². The highest BCUT2D eigenvalue weighted by Crippen LogP contribution is 2.19. The number of hydrogen-bond donors (Lipinski definition) is 0. The molecule has 1 amide bonds. The summed E-state index contributed by atoms with van der Waals surface area (Å²) in [4.78, 5) is 16.1. The van der Waals surface area contributed by atoms with Crippen molar-refractivity contribution >= 4 is 11.6 Å². The summed E-state index contributed by atoms with van der Waals surface area (Å²) in [6.45, 7) is 1.60. The van der Waals surface area contributed by atoms with E-state index in [4.69, 9.17) is 0 Å². The zero-order valence-electron chi connectivity index (χ0n) is 12.2. The number of carbonyl (C=O) groups is 1. The first kappa shape index (κ1) is 14.4. The summed E-state index contributed by atoms with van der Waals surface area (Å²) in [5.74, 6) is -0.578. The standard InChI is InChI=1S/C16H21N3O/c1-18(2)15-7-5-6-13(11-15)10-14(12-17)16(20)19-8-3-4-9-19/h5-7,11,14H,3-4,8-10H2,1-2H3. The van der Waals surface area contributed by atoms with E-state index in [0.717, 1.165) is 37.2 Å². The van der Waals surface area contributed by atoms with Gasteiger partial charge in [-0.3, -0.25) is 4.79 Å². The van der Waals surface area contributed by atoms with Gasteiger partial charge in [0.1, 0.15) is 5.92 Å². The van der Waals surface area contributed by atoms with Crippen molar-refractivity contribution in [2.24, 2.45) is 5.92 Å². The van der Waals surface area contributed by atoms with Crippen molar-refractivity contribution in [3.63, 3.8) is 0 Å². The molecule has 2 rings (SSSR count). The molecule has 106 valence electrons. The van der Waals surface area contributed by atoms with Gasteiger partial charge in [0.05, 0.1) is 6.07 Å². The number of anilines is 1. The molecule has 1 aliphatic heterocycles. The van der Waals surface area contributed by atoms with Crippen LogP contribution < -0.4 is 4.90 Å². The summed E-state index contributed by atoms with van der Waals surface area (Å²) in [6.07, 6.45) is 2.60. The van der Waals surface area contributed by atoms with Gasteiger partial charge in [0.15, 0.2) is 0 Å². The van der Waals surface area contributed by atoms with Crippen molar-refractivity contribution in [2.45, 2.75) is 19.3 Å². The molecule has 0 N–H and O–H groups in total. The number of benzene rings is 1. The van der Waals surface area contributed by atoms with Crippen LogP contribution in [0.5, 0.6) is 0 Å². The van der Waals surface area contributed by atoms with E-state index in [1.165, 1.54) is 0 Å². The van der Waals surface area contributed by atoms with Crippen LogP contribution in [0.4, 0.5) is 5.69 Å². The maximum absolute atomic E-state index is 12.3. The lowest BCUT2D eigenvalue weighted by molar-refractivity contribution is -0.132. The Hall–Kier alpha value is -2.02. The lowest BCUT2D eigenvalue weighted by Gasteiger charge is -2.19. The second-order valence-corrected chi connectivity index (χ2v) is 5.48. The fourth-order valence-corrected chi connectivity index (χ4v) is 2.54. The van der Waals surface area contributed by atoms with Crippen LogP contribution in [0, 0.1) is 17.2 Å².